The average molecular weight is 302 g/mol. The average Bonchev–Trinajstić information content (AvgIpc) is 2.87. The molecule has 6 heteroatoms. The number of hydrogen-bond donors (Lipinski definition) is 2. The molecular formula is C13H13Cl2NO3. The molecule has 2 rings (SSSR count). The topological polar surface area (TPSA) is 66.4 Å². The van der Waals surface area contributed by atoms with Gasteiger partial charge in [-0.25, -0.2) is 4.79 Å². The Labute approximate surface area is 120 Å². The minimum absolute atomic E-state index is 0.0543. The number of anilines is 1. The van der Waals surface area contributed by atoms with E-state index in [4.69, 9.17) is 28.3 Å². The summed E-state index contributed by atoms with van der Waals surface area (Å²) in [4.78, 5) is 23.3. The summed E-state index contributed by atoms with van der Waals surface area (Å²) >= 11 is 11.8. The number of carbonyl (C=O) groups excluding carboxylic acids is 1. The summed E-state index contributed by atoms with van der Waals surface area (Å²) < 4.78 is 0. The van der Waals surface area contributed by atoms with Crippen molar-refractivity contribution in [2.24, 2.45) is 5.92 Å². The molecule has 0 bridgehead atoms. The Bertz CT molecular complexity index is 525. The number of benzene rings is 1. The number of carbonyl (C=O) groups is 2. The van der Waals surface area contributed by atoms with Gasteiger partial charge in [-0.15, -0.1) is 0 Å². The molecule has 0 spiro atoms. The van der Waals surface area contributed by atoms with Crippen molar-refractivity contribution in [3.05, 3.63) is 27.7 Å². The fourth-order valence-electron chi connectivity index (χ4n) is 2.30. The first kappa shape index (κ1) is 14.2. The third-order valence-corrected chi connectivity index (χ3v) is 3.92. The first-order valence-electron chi connectivity index (χ1n) is 6.03. The van der Waals surface area contributed by atoms with E-state index in [2.05, 4.69) is 5.32 Å². The van der Waals surface area contributed by atoms with Gasteiger partial charge in [-0.2, -0.15) is 0 Å². The van der Waals surface area contributed by atoms with Crippen molar-refractivity contribution in [2.45, 2.75) is 25.7 Å². The Morgan fingerprint density at radius 3 is 2.32 bits per heavy atom. The maximum absolute atomic E-state index is 12.0. The molecule has 0 radical (unpaired) electrons. The normalized spacial score (nSPS) is 15.5. The van der Waals surface area contributed by atoms with Crippen molar-refractivity contribution >= 4 is 40.8 Å². The van der Waals surface area contributed by atoms with E-state index in [0.29, 0.717) is 0 Å². The van der Waals surface area contributed by atoms with Crippen molar-refractivity contribution in [3.8, 4) is 0 Å². The van der Waals surface area contributed by atoms with Crippen LogP contribution in [0.25, 0.3) is 0 Å². The van der Waals surface area contributed by atoms with Gasteiger partial charge in [0.25, 0.3) is 0 Å². The van der Waals surface area contributed by atoms with Crippen LogP contribution < -0.4 is 5.32 Å². The van der Waals surface area contributed by atoms with Crippen molar-refractivity contribution < 1.29 is 14.7 Å². The molecule has 0 aromatic heterocycles. The van der Waals surface area contributed by atoms with Gasteiger partial charge in [0.15, 0.2) is 0 Å². The first-order valence-corrected chi connectivity index (χ1v) is 6.78. The minimum atomic E-state index is -1.21. The monoisotopic (exact) mass is 301 g/mol. The van der Waals surface area contributed by atoms with Crippen LogP contribution in [0.5, 0.6) is 0 Å². The number of carboxylic acid groups (broad SMARTS) is 1. The zero-order valence-electron chi connectivity index (χ0n) is 10.1. The van der Waals surface area contributed by atoms with Crippen LogP contribution in [0.4, 0.5) is 5.69 Å². The molecule has 0 aliphatic heterocycles. The maximum Gasteiger partial charge on any atom is 0.339 e. The van der Waals surface area contributed by atoms with Gasteiger partial charge in [0, 0.05) is 5.92 Å². The van der Waals surface area contributed by atoms with Gasteiger partial charge >= 0.3 is 5.97 Å². The molecule has 1 aliphatic rings. The van der Waals surface area contributed by atoms with E-state index >= 15 is 0 Å². The lowest BCUT2D eigenvalue weighted by atomic mass is 10.1. The Morgan fingerprint density at radius 1 is 1.16 bits per heavy atom. The number of carboxylic acids is 1. The second-order valence-electron chi connectivity index (χ2n) is 4.55. The Morgan fingerprint density at radius 2 is 1.74 bits per heavy atom. The molecule has 0 saturated heterocycles. The fourth-order valence-corrected chi connectivity index (χ4v) is 2.74. The summed E-state index contributed by atoms with van der Waals surface area (Å²) in [5.74, 6) is -1.48. The van der Waals surface area contributed by atoms with Crippen molar-refractivity contribution in [3.63, 3.8) is 0 Å². The molecule has 1 aromatic carbocycles. The minimum Gasteiger partial charge on any atom is -0.478 e. The van der Waals surface area contributed by atoms with Crippen molar-refractivity contribution in [2.75, 3.05) is 5.32 Å². The van der Waals surface area contributed by atoms with Crippen LogP contribution in [-0.2, 0) is 4.79 Å². The maximum atomic E-state index is 12.0. The van der Waals surface area contributed by atoms with E-state index in [-0.39, 0.29) is 33.1 Å². The summed E-state index contributed by atoms with van der Waals surface area (Å²) in [6.45, 7) is 0. The van der Waals surface area contributed by atoms with Gasteiger partial charge in [0.05, 0.1) is 15.7 Å². The van der Waals surface area contributed by atoms with Crippen molar-refractivity contribution in [1.29, 1.82) is 0 Å². The van der Waals surface area contributed by atoms with Gasteiger partial charge in [-0.3, -0.25) is 4.79 Å². The lowest BCUT2D eigenvalue weighted by Crippen LogP contribution is -2.22. The Kier molecular flexibility index (Phi) is 4.32. The Balaban J connectivity index is 2.30. The summed E-state index contributed by atoms with van der Waals surface area (Å²) in [5, 5.41) is 12.0. The molecule has 102 valence electrons. The molecule has 1 amide bonds. The smallest absolute Gasteiger partial charge is 0.339 e. The molecule has 0 unspecified atom stereocenters. The van der Waals surface area contributed by atoms with Gasteiger partial charge in [-0.1, -0.05) is 36.0 Å². The van der Waals surface area contributed by atoms with Crippen LogP contribution in [-0.4, -0.2) is 17.0 Å². The largest absolute Gasteiger partial charge is 0.478 e. The predicted octanol–water partition coefficient (Wildman–Crippen LogP) is 3.82. The van der Waals surface area contributed by atoms with Gasteiger partial charge in [-0.05, 0) is 25.0 Å². The summed E-state index contributed by atoms with van der Waals surface area (Å²) in [7, 11) is 0. The second-order valence-corrected chi connectivity index (χ2v) is 5.37. The number of rotatable bonds is 3. The number of halogens is 2. The van der Waals surface area contributed by atoms with Gasteiger partial charge in [0.1, 0.15) is 5.56 Å². The Hall–Kier alpha value is -1.26. The van der Waals surface area contributed by atoms with Crippen LogP contribution in [0.1, 0.15) is 36.0 Å². The number of hydrogen-bond acceptors (Lipinski definition) is 2. The second kappa shape index (κ2) is 5.80. The van der Waals surface area contributed by atoms with E-state index < -0.39 is 5.97 Å². The van der Waals surface area contributed by atoms with Gasteiger partial charge < -0.3 is 10.4 Å². The lowest BCUT2D eigenvalue weighted by molar-refractivity contribution is -0.119. The van der Waals surface area contributed by atoms with Crippen molar-refractivity contribution in [1.82, 2.24) is 0 Å². The molecule has 0 atom stereocenters. The molecule has 19 heavy (non-hydrogen) atoms. The van der Waals surface area contributed by atoms with E-state index in [1.54, 1.807) is 0 Å². The number of amides is 1. The third kappa shape index (κ3) is 3.01. The predicted molar refractivity (Wildman–Crippen MR) is 74.0 cm³/mol. The highest BCUT2D eigenvalue weighted by molar-refractivity contribution is 6.38. The van der Waals surface area contributed by atoms with E-state index in [1.807, 2.05) is 0 Å². The summed E-state index contributed by atoms with van der Waals surface area (Å²) in [5.41, 5.74) is -0.0842. The molecule has 2 N–H and O–H groups in total. The zero-order chi connectivity index (χ0) is 14.0. The first-order chi connectivity index (χ1) is 9.00. The van der Waals surface area contributed by atoms with E-state index in [1.165, 1.54) is 12.1 Å². The molecule has 1 aliphatic carbocycles. The fraction of sp³-hybridized carbons (Fsp3) is 0.385. The molecule has 1 saturated carbocycles. The van der Waals surface area contributed by atoms with E-state index in [0.717, 1.165) is 25.7 Å². The number of nitrogens with one attached hydrogen (secondary N) is 1. The third-order valence-electron chi connectivity index (χ3n) is 3.29. The SMILES string of the molecule is O=C(O)c1c(Cl)ccc(Cl)c1NC(=O)C1CCCC1. The molecule has 0 heterocycles. The molecule has 1 fully saturated rings. The highest BCUT2D eigenvalue weighted by Gasteiger charge is 2.26. The molecular weight excluding hydrogens is 289 g/mol. The van der Waals surface area contributed by atoms with Crippen LogP contribution in [0.2, 0.25) is 10.0 Å². The van der Waals surface area contributed by atoms with Crippen LogP contribution in [0.3, 0.4) is 0 Å². The van der Waals surface area contributed by atoms with E-state index in [9.17, 15) is 9.59 Å². The lowest BCUT2D eigenvalue weighted by Gasteiger charge is -2.14. The van der Waals surface area contributed by atoms with Crippen LogP contribution in [0, 0.1) is 5.92 Å². The molecule has 1 aromatic rings. The number of aromatic carboxylic acids is 1. The quantitative estimate of drug-likeness (QED) is 0.892. The standard InChI is InChI=1S/C13H13Cl2NO3/c14-8-5-6-9(15)11(10(8)13(18)19)16-12(17)7-3-1-2-4-7/h5-7H,1-4H2,(H,16,17)(H,18,19). The summed E-state index contributed by atoms with van der Waals surface area (Å²) in [6.07, 6.45) is 3.69. The molecule has 4 nitrogen and oxygen atoms in total. The van der Waals surface area contributed by atoms with Crippen LogP contribution >= 0.6 is 23.2 Å². The zero-order valence-corrected chi connectivity index (χ0v) is 11.6. The van der Waals surface area contributed by atoms with Crippen LogP contribution in [0.15, 0.2) is 12.1 Å². The van der Waals surface area contributed by atoms with Gasteiger partial charge in [0.2, 0.25) is 5.91 Å². The highest BCUT2D eigenvalue weighted by Crippen LogP contribution is 2.33. The summed E-state index contributed by atoms with van der Waals surface area (Å²) in [6, 6.07) is 2.87. The highest BCUT2D eigenvalue weighted by atomic mass is 35.5.